The molecule has 17 heavy (non-hydrogen) atoms. The van der Waals surface area contributed by atoms with Crippen LogP contribution in [0.2, 0.25) is 0 Å². The number of H-pyrrole nitrogens is 1. The van der Waals surface area contributed by atoms with E-state index >= 15 is 0 Å². The van der Waals surface area contributed by atoms with E-state index in [1.807, 2.05) is 31.2 Å². The average Bonchev–Trinajstić information content (AvgIpc) is 2.97. The SMILES string of the molecule is CC(N)c1cc(-c2ccc3c(c2)OCO3)n[nH]1. The van der Waals surface area contributed by atoms with Gasteiger partial charge in [0.2, 0.25) is 6.79 Å². The second kappa shape index (κ2) is 3.78. The highest BCUT2D eigenvalue weighted by atomic mass is 16.7. The van der Waals surface area contributed by atoms with Crippen LogP contribution in [-0.2, 0) is 0 Å². The maximum Gasteiger partial charge on any atom is 0.231 e. The quantitative estimate of drug-likeness (QED) is 0.826. The standard InChI is InChI=1S/C12H13N3O2/c1-7(13)9-5-10(15-14-9)8-2-3-11-12(4-8)17-6-16-11/h2-5,7H,6,13H2,1H3,(H,14,15). The Balaban J connectivity index is 1.97. The molecular formula is C12H13N3O2. The van der Waals surface area contributed by atoms with Crippen molar-refractivity contribution < 1.29 is 9.47 Å². The van der Waals surface area contributed by atoms with E-state index in [4.69, 9.17) is 15.2 Å². The van der Waals surface area contributed by atoms with Gasteiger partial charge in [0.25, 0.3) is 0 Å². The van der Waals surface area contributed by atoms with E-state index in [1.54, 1.807) is 0 Å². The van der Waals surface area contributed by atoms with Gasteiger partial charge in [0.15, 0.2) is 11.5 Å². The van der Waals surface area contributed by atoms with E-state index in [0.29, 0.717) is 0 Å². The van der Waals surface area contributed by atoms with Crippen molar-refractivity contribution in [3.8, 4) is 22.8 Å². The molecule has 5 heteroatoms. The summed E-state index contributed by atoms with van der Waals surface area (Å²) in [5, 5.41) is 7.16. The van der Waals surface area contributed by atoms with Crippen LogP contribution in [-0.4, -0.2) is 17.0 Å². The van der Waals surface area contributed by atoms with Gasteiger partial charge in [-0.15, -0.1) is 0 Å². The highest BCUT2D eigenvalue weighted by molar-refractivity contribution is 5.64. The summed E-state index contributed by atoms with van der Waals surface area (Å²) in [6, 6.07) is 7.66. The van der Waals surface area contributed by atoms with Gasteiger partial charge in [0.05, 0.1) is 11.4 Å². The molecule has 2 heterocycles. The number of hydrogen-bond acceptors (Lipinski definition) is 4. The fraction of sp³-hybridized carbons (Fsp3) is 0.250. The summed E-state index contributed by atoms with van der Waals surface area (Å²) in [7, 11) is 0. The monoisotopic (exact) mass is 231 g/mol. The Kier molecular flexibility index (Phi) is 2.26. The summed E-state index contributed by atoms with van der Waals surface area (Å²) in [5.41, 5.74) is 8.53. The van der Waals surface area contributed by atoms with Crippen molar-refractivity contribution in [2.24, 2.45) is 5.73 Å². The van der Waals surface area contributed by atoms with Gasteiger partial charge in [-0.2, -0.15) is 5.10 Å². The maximum absolute atomic E-state index is 5.78. The summed E-state index contributed by atoms with van der Waals surface area (Å²) < 4.78 is 10.6. The van der Waals surface area contributed by atoms with Crippen LogP contribution in [0.4, 0.5) is 0 Å². The zero-order chi connectivity index (χ0) is 11.8. The highest BCUT2D eigenvalue weighted by Crippen LogP contribution is 2.35. The van der Waals surface area contributed by atoms with Crippen LogP contribution >= 0.6 is 0 Å². The summed E-state index contributed by atoms with van der Waals surface area (Å²) in [6.07, 6.45) is 0. The number of benzene rings is 1. The van der Waals surface area contributed by atoms with Crippen LogP contribution in [0.25, 0.3) is 11.3 Å². The van der Waals surface area contributed by atoms with Crippen molar-refractivity contribution in [3.05, 3.63) is 30.0 Å². The number of rotatable bonds is 2. The Morgan fingerprint density at radius 3 is 2.88 bits per heavy atom. The van der Waals surface area contributed by atoms with Gasteiger partial charge in [0.1, 0.15) is 0 Å². The third-order valence-corrected chi connectivity index (χ3v) is 2.76. The third kappa shape index (κ3) is 1.74. The van der Waals surface area contributed by atoms with Crippen LogP contribution in [0.1, 0.15) is 18.7 Å². The van der Waals surface area contributed by atoms with E-state index in [0.717, 1.165) is 28.5 Å². The van der Waals surface area contributed by atoms with Gasteiger partial charge in [-0.3, -0.25) is 5.10 Å². The van der Waals surface area contributed by atoms with Gasteiger partial charge in [-0.25, -0.2) is 0 Å². The Hall–Kier alpha value is -2.01. The number of hydrogen-bond donors (Lipinski definition) is 2. The Morgan fingerprint density at radius 1 is 1.29 bits per heavy atom. The van der Waals surface area contributed by atoms with Crippen molar-refractivity contribution in [3.63, 3.8) is 0 Å². The molecule has 1 aromatic heterocycles. The number of aromatic nitrogens is 2. The number of nitrogens with two attached hydrogens (primary N) is 1. The molecule has 3 rings (SSSR count). The first-order chi connectivity index (χ1) is 8.24. The predicted octanol–water partition coefficient (Wildman–Crippen LogP) is 1.83. The van der Waals surface area contributed by atoms with Gasteiger partial charge in [-0.1, -0.05) is 0 Å². The lowest BCUT2D eigenvalue weighted by Crippen LogP contribution is -2.04. The van der Waals surface area contributed by atoms with Gasteiger partial charge < -0.3 is 15.2 Å². The smallest absolute Gasteiger partial charge is 0.231 e. The largest absolute Gasteiger partial charge is 0.454 e. The normalized spacial score (nSPS) is 14.9. The molecule has 0 spiro atoms. The molecule has 0 saturated heterocycles. The predicted molar refractivity (Wildman–Crippen MR) is 62.7 cm³/mol. The molecule has 0 amide bonds. The fourth-order valence-corrected chi connectivity index (χ4v) is 1.77. The Bertz CT molecular complexity index is 548. The molecule has 1 aliphatic heterocycles. The van der Waals surface area contributed by atoms with Crippen LogP contribution < -0.4 is 15.2 Å². The first-order valence-electron chi connectivity index (χ1n) is 5.45. The first-order valence-corrected chi connectivity index (χ1v) is 5.45. The molecule has 1 aromatic carbocycles. The lowest BCUT2D eigenvalue weighted by molar-refractivity contribution is 0.174. The second-order valence-electron chi connectivity index (χ2n) is 4.07. The molecule has 0 aliphatic carbocycles. The minimum atomic E-state index is -0.0507. The fourth-order valence-electron chi connectivity index (χ4n) is 1.77. The molecule has 88 valence electrons. The Labute approximate surface area is 98.5 Å². The van der Waals surface area contributed by atoms with E-state index < -0.39 is 0 Å². The van der Waals surface area contributed by atoms with E-state index in [-0.39, 0.29) is 12.8 Å². The van der Waals surface area contributed by atoms with Crippen molar-refractivity contribution in [1.29, 1.82) is 0 Å². The molecular weight excluding hydrogens is 218 g/mol. The molecule has 2 aromatic rings. The molecule has 1 aliphatic rings. The summed E-state index contributed by atoms with van der Waals surface area (Å²) in [5.74, 6) is 1.53. The third-order valence-electron chi connectivity index (χ3n) is 2.76. The minimum absolute atomic E-state index is 0.0507. The second-order valence-corrected chi connectivity index (χ2v) is 4.07. The minimum Gasteiger partial charge on any atom is -0.454 e. The van der Waals surface area contributed by atoms with Crippen LogP contribution in [0.3, 0.4) is 0 Å². The molecule has 0 saturated carbocycles. The van der Waals surface area contributed by atoms with Crippen molar-refractivity contribution in [2.75, 3.05) is 6.79 Å². The van der Waals surface area contributed by atoms with Gasteiger partial charge >= 0.3 is 0 Å². The molecule has 0 radical (unpaired) electrons. The van der Waals surface area contributed by atoms with E-state index in [9.17, 15) is 0 Å². The first kappa shape index (κ1) is 10.2. The Morgan fingerprint density at radius 2 is 2.12 bits per heavy atom. The number of ether oxygens (including phenoxy) is 2. The number of nitrogens with one attached hydrogen (secondary N) is 1. The lowest BCUT2D eigenvalue weighted by Gasteiger charge is -1.99. The van der Waals surface area contributed by atoms with Crippen LogP contribution in [0, 0.1) is 0 Å². The number of nitrogens with zero attached hydrogens (tertiary/aromatic N) is 1. The molecule has 1 unspecified atom stereocenters. The summed E-state index contributed by atoms with van der Waals surface area (Å²) in [6.45, 7) is 2.20. The molecule has 0 fully saturated rings. The van der Waals surface area contributed by atoms with Crippen molar-refractivity contribution in [1.82, 2.24) is 10.2 Å². The van der Waals surface area contributed by atoms with Crippen LogP contribution in [0.5, 0.6) is 11.5 Å². The zero-order valence-corrected chi connectivity index (χ0v) is 9.43. The van der Waals surface area contributed by atoms with Gasteiger partial charge in [-0.05, 0) is 31.2 Å². The van der Waals surface area contributed by atoms with E-state index in [1.165, 1.54) is 0 Å². The van der Waals surface area contributed by atoms with Crippen LogP contribution in [0.15, 0.2) is 24.3 Å². The molecule has 3 N–H and O–H groups in total. The molecule has 5 nitrogen and oxygen atoms in total. The zero-order valence-electron chi connectivity index (χ0n) is 9.43. The summed E-state index contributed by atoms with van der Waals surface area (Å²) in [4.78, 5) is 0. The number of aromatic amines is 1. The summed E-state index contributed by atoms with van der Waals surface area (Å²) >= 11 is 0. The average molecular weight is 231 g/mol. The number of fused-ring (bicyclic) bond motifs is 1. The van der Waals surface area contributed by atoms with Crippen molar-refractivity contribution >= 4 is 0 Å². The molecule has 1 atom stereocenters. The highest BCUT2D eigenvalue weighted by Gasteiger charge is 2.15. The molecule has 0 bridgehead atoms. The lowest BCUT2D eigenvalue weighted by atomic mass is 10.1. The maximum atomic E-state index is 5.78. The van der Waals surface area contributed by atoms with Crippen molar-refractivity contribution in [2.45, 2.75) is 13.0 Å². The topological polar surface area (TPSA) is 73.2 Å². The van der Waals surface area contributed by atoms with Gasteiger partial charge in [0, 0.05) is 11.6 Å². The van der Waals surface area contributed by atoms with E-state index in [2.05, 4.69) is 10.2 Å².